The first-order valence-electron chi connectivity index (χ1n) is 9.50. The van der Waals surface area contributed by atoms with E-state index in [0.717, 1.165) is 17.5 Å². The van der Waals surface area contributed by atoms with Crippen LogP contribution in [0.3, 0.4) is 0 Å². The predicted octanol–water partition coefficient (Wildman–Crippen LogP) is 2.33. The van der Waals surface area contributed by atoms with Crippen LogP contribution in [0.1, 0.15) is 27.4 Å². The number of aromatic nitrogens is 4. The number of esters is 1. The van der Waals surface area contributed by atoms with Crippen molar-refractivity contribution < 1.29 is 19.2 Å². The number of nitrogens with zero attached hydrogens (tertiary/aromatic N) is 5. The summed E-state index contributed by atoms with van der Waals surface area (Å²) in [6.07, 6.45) is 0. The third-order valence-electron chi connectivity index (χ3n) is 4.30. The molecule has 2 heterocycles. The van der Waals surface area contributed by atoms with Crippen molar-refractivity contribution >= 4 is 29.1 Å². The molecule has 0 atom stereocenters. The molecule has 0 fully saturated rings. The fraction of sp³-hybridized carbons (Fsp3) is 0.250. The number of hydrogen-bond acceptors (Lipinski definition) is 9. The maximum atomic E-state index is 12.4. The van der Waals surface area contributed by atoms with E-state index in [-0.39, 0.29) is 17.2 Å². The van der Waals surface area contributed by atoms with Gasteiger partial charge in [0, 0.05) is 42.3 Å². The van der Waals surface area contributed by atoms with Gasteiger partial charge in [0.15, 0.2) is 6.61 Å². The largest absolute Gasteiger partial charge is 0.452 e. The maximum absolute atomic E-state index is 12.4. The molecule has 3 rings (SSSR count). The van der Waals surface area contributed by atoms with Gasteiger partial charge < -0.3 is 15.4 Å². The van der Waals surface area contributed by atoms with E-state index in [1.165, 1.54) is 16.8 Å². The molecule has 0 radical (unpaired) electrons. The van der Waals surface area contributed by atoms with E-state index in [1.54, 1.807) is 20.0 Å². The fourth-order valence-electron chi connectivity index (χ4n) is 2.96. The quantitative estimate of drug-likeness (QED) is 0.320. The van der Waals surface area contributed by atoms with Crippen molar-refractivity contribution in [2.75, 3.05) is 24.3 Å². The van der Waals surface area contributed by atoms with Crippen molar-refractivity contribution in [3.8, 4) is 5.95 Å². The number of ether oxygens (including phenoxy) is 1. The molecule has 0 saturated carbocycles. The molecule has 12 nitrogen and oxygen atoms in total. The second-order valence-corrected chi connectivity index (χ2v) is 6.89. The maximum Gasteiger partial charge on any atom is 0.341 e. The van der Waals surface area contributed by atoms with Gasteiger partial charge in [0.2, 0.25) is 0 Å². The van der Waals surface area contributed by atoms with Gasteiger partial charge in [-0.1, -0.05) is 0 Å². The molecule has 0 aliphatic rings. The Hall–Kier alpha value is -4.35. The lowest BCUT2D eigenvalue weighted by molar-refractivity contribution is -0.384. The molecule has 1 amide bonds. The topological polar surface area (TPSA) is 154 Å². The minimum atomic E-state index is -0.879. The van der Waals surface area contributed by atoms with Crippen LogP contribution in [0.5, 0.6) is 0 Å². The highest BCUT2D eigenvalue weighted by molar-refractivity contribution is 5.99. The normalized spacial score (nSPS) is 10.5. The second-order valence-electron chi connectivity index (χ2n) is 6.89. The molecule has 0 aliphatic heterocycles. The molecular formula is C20H21N7O5. The van der Waals surface area contributed by atoms with Gasteiger partial charge in [0.05, 0.1) is 16.2 Å². The second kappa shape index (κ2) is 9.20. The number of hydrogen-bond donors (Lipinski definition) is 2. The van der Waals surface area contributed by atoms with Gasteiger partial charge in [-0.2, -0.15) is 9.78 Å². The number of non-ortho nitro benzene ring substituents is 1. The van der Waals surface area contributed by atoms with Gasteiger partial charge in [0.25, 0.3) is 17.5 Å². The van der Waals surface area contributed by atoms with Crippen LogP contribution in [0.25, 0.3) is 5.95 Å². The van der Waals surface area contributed by atoms with E-state index in [9.17, 15) is 19.7 Å². The fourth-order valence-corrected chi connectivity index (χ4v) is 2.96. The summed E-state index contributed by atoms with van der Waals surface area (Å²) in [5.41, 5.74) is 2.11. The molecule has 2 N–H and O–H groups in total. The molecule has 3 aromatic rings. The molecule has 0 aliphatic carbocycles. The number of carbonyl (C=O) groups excluding carboxylic acids is 2. The van der Waals surface area contributed by atoms with E-state index in [2.05, 4.69) is 25.7 Å². The number of carbonyl (C=O) groups is 2. The molecule has 1 aromatic carbocycles. The molecule has 32 heavy (non-hydrogen) atoms. The summed E-state index contributed by atoms with van der Waals surface area (Å²) in [4.78, 5) is 43.9. The first-order chi connectivity index (χ1) is 15.2. The molecular weight excluding hydrogens is 418 g/mol. The summed E-state index contributed by atoms with van der Waals surface area (Å²) in [5, 5.41) is 20.7. The number of anilines is 2. The number of rotatable bonds is 7. The zero-order valence-electron chi connectivity index (χ0n) is 17.9. The van der Waals surface area contributed by atoms with Crippen molar-refractivity contribution in [1.82, 2.24) is 19.7 Å². The Kier molecular flexibility index (Phi) is 6.42. The summed E-state index contributed by atoms with van der Waals surface area (Å²) in [5.74, 6) is -0.909. The third kappa shape index (κ3) is 5.03. The van der Waals surface area contributed by atoms with Crippen LogP contribution in [0.2, 0.25) is 0 Å². The molecule has 12 heteroatoms. The van der Waals surface area contributed by atoms with E-state index in [4.69, 9.17) is 4.74 Å². The van der Waals surface area contributed by atoms with Gasteiger partial charge in [0.1, 0.15) is 5.82 Å². The molecule has 0 bridgehead atoms. The molecule has 166 valence electrons. The van der Waals surface area contributed by atoms with Crippen molar-refractivity contribution in [2.45, 2.75) is 20.8 Å². The van der Waals surface area contributed by atoms with Crippen LogP contribution in [0.4, 0.5) is 17.2 Å². The summed E-state index contributed by atoms with van der Waals surface area (Å²) < 4.78 is 6.44. The van der Waals surface area contributed by atoms with Gasteiger partial charge in [-0.25, -0.2) is 14.8 Å². The van der Waals surface area contributed by atoms with Crippen LogP contribution >= 0.6 is 0 Å². The number of nitrogens with one attached hydrogen (secondary N) is 2. The van der Waals surface area contributed by atoms with Crippen LogP contribution in [0, 0.1) is 30.9 Å². The van der Waals surface area contributed by atoms with Gasteiger partial charge in [-0.3, -0.25) is 14.9 Å². The summed E-state index contributed by atoms with van der Waals surface area (Å²) >= 11 is 0. The van der Waals surface area contributed by atoms with Gasteiger partial charge in [-0.15, -0.1) is 0 Å². The number of amides is 1. The van der Waals surface area contributed by atoms with Crippen LogP contribution < -0.4 is 10.6 Å². The molecule has 0 spiro atoms. The molecule has 0 unspecified atom stereocenters. The highest BCUT2D eigenvalue weighted by Crippen LogP contribution is 2.23. The Labute approximate surface area is 182 Å². The van der Waals surface area contributed by atoms with Crippen molar-refractivity contribution in [3.05, 3.63) is 63.1 Å². The zero-order valence-corrected chi connectivity index (χ0v) is 17.9. The lowest BCUT2D eigenvalue weighted by Gasteiger charge is -2.10. The Bertz CT molecular complexity index is 1180. The number of nitro groups is 1. The number of aryl methyl sites for hydroxylation is 3. The van der Waals surface area contributed by atoms with Crippen LogP contribution in [-0.4, -0.2) is 50.2 Å². The van der Waals surface area contributed by atoms with Crippen LogP contribution in [-0.2, 0) is 9.53 Å². The number of nitro benzene ring substituents is 1. The summed E-state index contributed by atoms with van der Waals surface area (Å²) in [7, 11) is 1.56. The first-order valence-corrected chi connectivity index (χ1v) is 9.50. The Morgan fingerprint density at radius 2 is 1.78 bits per heavy atom. The smallest absolute Gasteiger partial charge is 0.341 e. The first kappa shape index (κ1) is 22.3. The minimum absolute atomic E-state index is 0.0565. The van der Waals surface area contributed by atoms with E-state index >= 15 is 0 Å². The Morgan fingerprint density at radius 1 is 1.09 bits per heavy atom. The average Bonchev–Trinajstić information content (AvgIpc) is 3.10. The van der Waals surface area contributed by atoms with Crippen molar-refractivity contribution in [2.24, 2.45) is 0 Å². The highest BCUT2D eigenvalue weighted by Gasteiger charge is 2.19. The summed E-state index contributed by atoms with van der Waals surface area (Å²) in [6.45, 7) is 4.78. The van der Waals surface area contributed by atoms with Gasteiger partial charge in [-0.05, 0) is 32.9 Å². The lowest BCUT2D eigenvalue weighted by Crippen LogP contribution is -2.23. The number of benzene rings is 1. The van der Waals surface area contributed by atoms with Gasteiger partial charge >= 0.3 is 5.97 Å². The van der Waals surface area contributed by atoms with E-state index < -0.39 is 23.4 Å². The monoisotopic (exact) mass is 439 g/mol. The predicted molar refractivity (Wildman–Crippen MR) is 115 cm³/mol. The standard InChI is InChI=1S/C20H21N7O5/c1-11-7-12(2)23-20(22-11)26-17(8-13(3)25-26)24-18(28)10-32-19(29)15-9-14(27(30)31)5-6-16(15)21-4/h5-9,21H,10H2,1-4H3,(H,24,28). The molecule has 2 aromatic heterocycles. The van der Waals surface area contributed by atoms with Crippen molar-refractivity contribution in [3.63, 3.8) is 0 Å². The zero-order chi connectivity index (χ0) is 23.4. The Balaban J connectivity index is 1.73. The SMILES string of the molecule is CNc1ccc([N+](=O)[O-])cc1C(=O)OCC(=O)Nc1cc(C)nn1-c1nc(C)cc(C)n1. The van der Waals surface area contributed by atoms with Crippen LogP contribution in [0.15, 0.2) is 30.3 Å². The average molecular weight is 439 g/mol. The Morgan fingerprint density at radius 3 is 2.41 bits per heavy atom. The minimum Gasteiger partial charge on any atom is -0.452 e. The third-order valence-corrected chi connectivity index (χ3v) is 4.30. The summed E-state index contributed by atoms with van der Waals surface area (Å²) in [6, 6.07) is 7.17. The molecule has 0 saturated heterocycles. The van der Waals surface area contributed by atoms with E-state index in [1.807, 2.05) is 19.9 Å². The lowest BCUT2D eigenvalue weighted by atomic mass is 10.1. The van der Waals surface area contributed by atoms with Crippen molar-refractivity contribution in [1.29, 1.82) is 0 Å². The van der Waals surface area contributed by atoms with E-state index in [0.29, 0.717) is 17.2 Å². The highest BCUT2D eigenvalue weighted by atomic mass is 16.6.